The van der Waals surface area contributed by atoms with Crippen molar-refractivity contribution in [2.45, 2.75) is 142 Å². The molecule has 22 heteroatoms. The smallest absolute Gasteiger partial charge is 0.330 e. The summed E-state index contributed by atoms with van der Waals surface area (Å²) in [5.41, 5.74) is -1.01. The van der Waals surface area contributed by atoms with Crippen LogP contribution in [0.4, 0.5) is 4.39 Å². The van der Waals surface area contributed by atoms with Crippen molar-refractivity contribution in [3.63, 3.8) is 0 Å². The van der Waals surface area contributed by atoms with Crippen LogP contribution >= 0.6 is 0 Å². The number of likely N-dealkylation sites (N-methyl/N-ethyl adjacent to an activating group) is 3. The van der Waals surface area contributed by atoms with Crippen molar-refractivity contribution in [3.8, 4) is 17.2 Å². The molecule has 2 bridgehead atoms. The number of carbonyl (C=O) groups is 9. The number of rotatable bonds is 12. The van der Waals surface area contributed by atoms with Crippen LogP contribution in [0.3, 0.4) is 0 Å². The number of ether oxygens (including phenoxy) is 6. The van der Waals surface area contributed by atoms with Gasteiger partial charge in [-0.2, -0.15) is 0 Å². The highest BCUT2D eigenvalue weighted by molar-refractivity contribution is 6.38. The van der Waals surface area contributed by atoms with Crippen LogP contribution in [0.2, 0.25) is 0 Å². The Hall–Kier alpha value is -8.40. The third kappa shape index (κ3) is 19.5. The third-order valence-corrected chi connectivity index (χ3v) is 15.9. The van der Waals surface area contributed by atoms with Crippen LogP contribution < -0.4 is 24.8 Å². The Balaban J connectivity index is 1.36. The Morgan fingerprint density at radius 3 is 2.19 bits per heavy atom. The summed E-state index contributed by atoms with van der Waals surface area (Å²) in [6.07, 6.45) is 4.20. The lowest BCUT2D eigenvalue weighted by atomic mass is 9.87. The molecule has 5 atom stereocenters. The van der Waals surface area contributed by atoms with Gasteiger partial charge in [0.05, 0.1) is 38.4 Å². The van der Waals surface area contributed by atoms with Gasteiger partial charge in [0, 0.05) is 52.8 Å². The highest BCUT2D eigenvalue weighted by atomic mass is 19.1. The minimum absolute atomic E-state index is 0.00253. The van der Waals surface area contributed by atoms with Crippen molar-refractivity contribution in [2.24, 2.45) is 5.41 Å². The monoisotopic (exact) mass is 1230 g/mol. The van der Waals surface area contributed by atoms with Crippen molar-refractivity contribution >= 4 is 63.9 Å². The van der Waals surface area contributed by atoms with E-state index in [9.17, 15) is 38.4 Å². The summed E-state index contributed by atoms with van der Waals surface area (Å²) < 4.78 is 50.4. The molecule has 0 spiro atoms. The zero-order valence-corrected chi connectivity index (χ0v) is 53.2. The van der Waals surface area contributed by atoms with E-state index in [2.05, 4.69) is 10.6 Å². The van der Waals surface area contributed by atoms with E-state index >= 15 is 9.18 Å². The molecule has 89 heavy (non-hydrogen) atoms. The van der Waals surface area contributed by atoms with Crippen LogP contribution in [0.5, 0.6) is 17.2 Å². The number of methoxy groups -OCH3 is 2. The van der Waals surface area contributed by atoms with Gasteiger partial charge in [-0.15, -0.1) is 0 Å². The van der Waals surface area contributed by atoms with Gasteiger partial charge < -0.3 is 58.7 Å². The standard InChI is InChI=1S/C67H87FN6O15/c1-12-13-25-51-62(80)70-50(35-43-28-29-44-21-14-15-22-45(44)34-43)63(81)73(9)53(40-88-66(2,3)4)61(79)69-39-57(75)71(7)32-18-17-27-59(77)87-42-67(5,6)60(78)64(82)74-33-19-16-26-52(74)65(83)89-54(31-30-46-37-55(84-10)56(85-11)38-49(46)68)47-23-20-24-48(36-47)86-41-58(76)72(51)8/h14-15,17,20-24,27-29,34,36-38,50-54H,12-13,16,18-19,25-26,30-33,35,39-42H2,1-11H3,(H,69,79)(H,70,80)/t50-,51-,52-,53-,54+/m0/s1. The zero-order valence-electron chi connectivity index (χ0n) is 53.2. The summed E-state index contributed by atoms with van der Waals surface area (Å²) in [5, 5.41) is 7.44. The minimum Gasteiger partial charge on any atom is -0.493 e. The molecule has 482 valence electrons. The normalized spacial score (nSPS) is 21.5. The number of benzene rings is 4. The number of amides is 6. The molecule has 4 aromatic rings. The minimum atomic E-state index is -1.54. The number of fused-ring (bicyclic) bond motifs is 4. The molecule has 6 rings (SSSR count). The van der Waals surface area contributed by atoms with Crippen LogP contribution in [-0.2, 0) is 70.2 Å². The number of nitrogens with zero attached hydrogens (tertiary/aromatic N) is 4. The Kier molecular flexibility index (Phi) is 25.2. The SMILES string of the molecule is CCCC[C@H]1C(=O)N[C@@H](Cc2ccc3ccccc3c2)C(=O)N(C)[C@@H](COC(C)(C)C)C(=O)NCC(=O)N(C)CCC=CC(=O)OCC(C)(C)C(=O)C(=O)N2CCCC[C@H]2C(=O)O[C@H](CCc2cc(OC)c(OC)cc2F)c2cccc(c2)OCC(=O)N1C. The fourth-order valence-corrected chi connectivity index (χ4v) is 10.4. The largest absolute Gasteiger partial charge is 0.493 e. The summed E-state index contributed by atoms with van der Waals surface area (Å²) in [7, 11) is 7.19. The van der Waals surface area contributed by atoms with Gasteiger partial charge in [-0.25, -0.2) is 14.0 Å². The number of esters is 2. The molecule has 0 aliphatic carbocycles. The van der Waals surface area contributed by atoms with E-state index in [4.69, 9.17) is 28.4 Å². The van der Waals surface area contributed by atoms with Crippen LogP contribution in [0, 0.1) is 11.2 Å². The molecule has 21 nitrogen and oxygen atoms in total. The van der Waals surface area contributed by atoms with Gasteiger partial charge in [-0.3, -0.25) is 33.6 Å². The second kappa shape index (κ2) is 32.2. The number of hydrogen-bond donors (Lipinski definition) is 2. The van der Waals surface area contributed by atoms with Gasteiger partial charge in [0.2, 0.25) is 29.4 Å². The summed E-state index contributed by atoms with van der Waals surface area (Å²) in [5.74, 6) is -6.63. The van der Waals surface area contributed by atoms with Gasteiger partial charge in [-0.1, -0.05) is 80.4 Å². The molecule has 0 radical (unpaired) electrons. The van der Waals surface area contributed by atoms with Gasteiger partial charge in [0.15, 0.2) is 18.1 Å². The van der Waals surface area contributed by atoms with Crippen LogP contribution in [0.15, 0.2) is 91.0 Å². The average molecular weight is 1240 g/mol. The first-order valence-corrected chi connectivity index (χ1v) is 30.2. The lowest BCUT2D eigenvalue weighted by Gasteiger charge is -2.36. The van der Waals surface area contributed by atoms with Gasteiger partial charge >= 0.3 is 11.9 Å². The maximum atomic E-state index is 15.7. The first-order valence-electron chi connectivity index (χ1n) is 30.2. The fraction of sp³-hybridized carbons (Fsp3) is 0.507. The highest BCUT2D eigenvalue weighted by Crippen LogP contribution is 2.34. The topological polar surface area (TPSA) is 246 Å². The van der Waals surface area contributed by atoms with E-state index in [1.807, 2.05) is 49.4 Å². The number of aryl methyl sites for hydroxylation is 1. The van der Waals surface area contributed by atoms with Crippen LogP contribution in [-0.4, -0.2) is 177 Å². The highest BCUT2D eigenvalue weighted by Gasteiger charge is 2.43. The zero-order chi connectivity index (χ0) is 65.2. The van der Waals surface area contributed by atoms with Gasteiger partial charge in [-0.05, 0) is 125 Å². The quantitative estimate of drug-likeness (QED) is 0.107. The van der Waals surface area contributed by atoms with Gasteiger partial charge in [0.25, 0.3) is 11.8 Å². The number of ketones is 1. The molecule has 2 heterocycles. The molecule has 1 fully saturated rings. The maximum absolute atomic E-state index is 15.7. The number of unbranched alkanes of at least 4 members (excludes halogenated alkanes) is 1. The van der Waals surface area contributed by atoms with E-state index in [1.54, 1.807) is 45.0 Å². The number of carbonyl (C=O) groups excluding carboxylic acids is 9. The van der Waals surface area contributed by atoms with E-state index in [0.29, 0.717) is 36.8 Å². The Morgan fingerprint density at radius 2 is 1.48 bits per heavy atom. The molecule has 6 amide bonds. The molecule has 0 unspecified atom stereocenters. The molecule has 0 aromatic heterocycles. The summed E-state index contributed by atoms with van der Waals surface area (Å²) in [6.45, 7) is 8.53. The average Bonchev–Trinajstić information content (AvgIpc) is 1.55. The number of hydrogen-bond acceptors (Lipinski definition) is 15. The number of Topliss-reactive ketones (excluding diaryl/α,β-unsaturated/α-hetero) is 1. The predicted molar refractivity (Wildman–Crippen MR) is 330 cm³/mol. The molecule has 0 saturated carbocycles. The van der Waals surface area contributed by atoms with Crippen molar-refractivity contribution < 1.29 is 76.0 Å². The first-order chi connectivity index (χ1) is 42.2. The predicted octanol–water partition coefficient (Wildman–Crippen LogP) is 7.03. The van der Waals surface area contributed by atoms with Crippen molar-refractivity contribution in [3.05, 3.63) is 114 Å². The number of piperidine rings is 1. The summed E-state index contributed by atoms with van der Waals surface area (Å²) >= 11 is 0. The van der Waals surface area contributed by atoms with E-state index in [0.717, 1.165) is 16.8 Å². The van der Waals surface area contributed by atoms with Crippen molar-refractivity contribution in [1.29, 1.82) is 0 Å². The Bertz CT molecular complexity index is 3220. The second-order valence-corrected chi connectivity index (χ2v) is 24.2. The van der Waals surface area contributed by atoms with Gasteiger partial charge in [0.1, 0.15) is 48.4 Å². The molecule has 1 saturated heterocycles. The lowest BCUT2D eigenvalue weighted by molar-refractivity contribution is -0.165. The van der Waals surface area contributed by atoms with E-state index < -0.39 is 120 Å². The Labute approximate surface area is 520 Å². The summed E-state index contributed by atoms with van der Waals surface area (Å²) in [4.78, 5) is 133. The third-order valence-electron chi connectivity index (χ3n) is 15.9. The second-order valence-electron chi connectivity index (χ2n) is 24.2. The van der Waals surface area contributed by atoms with Crippen molar-refractivity contribution in [1.82, 2.24) is 30.2 Å². The van der Waals surface area contributed by atoms with Crippen LogP contribution in [0.25, 0.3) is 10.8 Å². The lowest BCUT2D eigenvalue weighted by Crippen LogP contribution is -2.59. The summed E-state index contributed by atoms with van der Waals surface area (Å²) in [6, 6.07) is 17.5. The fourth-order valence-electron chi connectivity index (χ4n) is 10.4. The van der Waals surface area contributed by atoms with Crippen LogP contribution in [0.1, 0.15) is 116 Å². The number of cyclic esters (lactones) is 2. The molecule has 2 N–H and O–H groups in total. The van der Waals surface area contributed by atoms with Crippen molar-refractivity contribution in [2.75, 3.05) is 74.8 Å². The first kappa shape index (κ1) is 69.7. The molecule has 2 aliphatic heterocycles. The van der Waals surface area contributed by atoms with E-state index in [1.165, 1.54) is 87.0 Å². The molecular weight excluding hydrogens is 1150 g/mol. The number of halogens is 1. The molecular formula is C67H87FN6O15. The molecule has 2 aliphatic rings. The maximum Gasteiger partial charge on any atom is 0.330 e. The molecule has 4 aromatic carbocycles. The Morgan fingerprint density at radius 1 is 0.764 bits per heavy atom. The van der Waals surface area contributed by atoms with E-state index in [-0.39, 0.29) is 81.0 Å². The number of nitrogens with one attached hydrogen (secondary N) is 2.